The van der Waals surface area contributed by atoms with Gasteiger partial charge in [0, 0.05) is 56.9 Å². The van der Waals surface area contributed by atoms with Crippen LogP contribution in [0.15, 0.2) is 23.1 Å². The summed E-state index contributed by atoms with van der Waals surface area (Å²) in [5.41, 5.74) is 1.76. The average molecular weight is 464 g/mol. The van der Waals surface area contributed by atoms with Gasteiger partial charge in [-0.05, 0) is 69.2 Å². The number of anilines is 1. The van der Waals surface area contributed by atoms with E-state index in [0.717, 1.165) is 30.5 Å². The van der Waals surface area contributed by atoms with E-state index < -0.39 is 10.0 Å². The van der Waals surface area contributed by atoms with E-state index >= 15 is 0 Å². The van der Waals surface area contributed by atoms with Crippen LogP contribution in [0.2, 0.25) is 0 Å². The number of hydrogen-bond donors (Lipinski definition) is 1. The Balaban J connectivity index is 1.39. The number of rotatable bonds is 8. The van der Waals surface area contributed by atoms with E-state index in [0.29, 0.717) is 45.5 Å². The van der Waals surface area contributed by atoms with Crippen molar-refractivity contribution in [3.8, 4) is 0 Å². The summed E-state index contributed by atoms with van der Waals surface area (Å²) < 4.78 is 33.0. The topological polar surface area (TPSA) is 96.0 Å². The van der Waals surface area contributed by atoms with Crippen LogP contribution in [0.25, 0.3) is 0 Å². The number of carbonyl (C=O) groups excluding carboxylic acids is 2. The van der Waals surface area contributed by atoms with Crippen LogP contribution in [0.3, 0.4) is 0 Å². The summed E-state index contributed by atoms with van der Waals surface area (Å²) in [6.07, 6.45) is 4.36. The smallest absolute Gasteiger partial charge is 0.243 e. The van der Waals surface area contributed by atoms with E-state index in [4.69, 9.17) is 4.74 Å². The number of methoxy groups -OCH3 is 1. The van der Waals surface area contributed by atoms with Crippen molar-refractivity contribution in [2.24, 2.45) is 11.8 Å². The van der Waals surface area contributed by atoms with Crippen molar-refractivity contribution in [3.05, 3.63) is 23.8 Å². The molecule has 1 aliphatic carbocycles. The van der Waals surface area contributed by atoms with Crippen molar-refractivity contribution in [2.45, 2.75) is 56.4 Å². The Morgan fingerprint density at radius 1 is 1.12 bits per heavy atom. The molecule has 9 heteroatoms. The molecule has 1 aromatic rings. The Hall–Kier alpha value is -1.97. The molecule has 2 heterocycles. The molecule has 4 rings (SSSR count). The lowest BCUT2D eigenvalue weighted by atomic mass is 9.97. The minimum absolute atomic E-state index is 0.00918. The van der Waals surface area contributed by atoms with E-state index in [-0.39, 0.29) is 34.6 Å². The molecule has 0 radical (unpaired) electrons. The number of ether oxygens (including phenoxy) is 1. The molecule has 3 aliphatic rings. The first kappa shape index (κ1) is 23.2. The molecule has 1 unspecified atom stereocenters. The number of piperidine rings is 1. The van der Waals surface area contributed by atoms with Crippen LogP contribution < -0.4 is 10.2 Å². The number of hydrogen-bond acceptors (Lipinski definition) is 5. The van der Waals surface area contributed by atoms with Crippen molar-refractivity contribution in [3.63, 3.8) is 0 Å². The van der Waals surface area contributed by atoms with Gasteiger partial charge in [-0.1, -0.05) is 0 Å². The summed E-state index contributed by atoms with van der Waals surface area (Å²) in [5.74, 6) is 0.122. The second-order valence-corrected chi connectivity index (χ2v) is 11.1. The van der Waals surface area contributed by atoms with Gasteiger partial charge in [-0.25, -0.2) is 8.42 Å². The van der Waals surface area contributed by atoms with Gasteiger partial charge in [-0.3, -0.25) is 9.59 Å². The van der Waals surface area contributed by atoms with Crippen molar-refractivity contribution < 1.29 is 22.7 Å². The lowest BCUT2D eigenvalue weighted by Gasteiger charge is -2.30. The fourth-order valence-electron chi connectivity index (χ4n) is 4.71. The van der Waals surface area contributed by atoms with Gasteiger partial charge in [0.25, 0.3) is 0 Å². The molecule has 1 saturated carbocycles. The highest BCUT2D eigenvalue weighted by Gasteiger charge is 2.40. The first-order valence-corrected chi connectivity index (χ1v) is 13.0. The van der Waals surface area contributed by atoms with E-state index in [1.807, 2.05) is 11.8 Å². The van der Waals surface area contributed by atoms with Crippen LogP contribution >= 0.6 is 0 Å². The predicted octanol–water partition coefficient (Wildman–Crippen LogP) is 1.93. The van der Waals surface area contributed by atoms with Gasteiger partial charge >= 0.3 is 0 Å². The highest BCUT2D eigenvalue weighted by Crippen LogP contribution is 2.40. The number of amides is 2. The summed E-state index contributed by atoms with van der Waals surface area (Å²) in [4.78, 5) is 27.1. The maximum atomic E-state index is 13.3. The number of sulfonamides is 1. The molecule has 176 valence electrons. The van der Waals surface area contributed by atoms with Crippen molar-refractivity contribution >= 4 is 27.5 Å². The summed E-state index contributed by atoms with van der Waals surface area (Å²) in [6.45, 7) is 3.85. The zero-order valence-corrected chi connectivity index (χ0v) is 19.7. The Labute approximate surface area is 190 Å². The summed E-state index contributed by atoms with van der Waals surface area (Å²) >= 11 is 0. The standard InChI is InChI=1S/C23H33N3O5S/c1-16-14-19-15-20(6-7-21(19)26(16)23(28)18-4-5-18)32(29,30)25-11-8-17(9-12-25)22(27)24-10-3-13-31-2/h6-7,15-18H,3-5,8-14H2,1-2H3,(H,24,27). The summed E-state index contributed by atoms with van der Waals surface area (Å²) in [7, 11) is -2.01. The first-order chi connectivity index (χ1) is 15.3. The quantitative estimate of drug-likeness (QED) is 0.595. The number of carbonyl (C=O) groups is 2. The van der Waals surface area contributed by atoms with E-state index in [1.54, 1.807) is 25.3 Å². The highest BCUT2D eigenvalue weighted by molar-refractivity contribution is 7.89. The summed E-state index contributed by atoms with van der Waals surface area (Å²) in [6, 6.07) is 5.19. The van der Waals surface area contributed by atoms with Crippen LogP contribution in [0, 0.1) is 11.8 Å². The van der Waals surface area contributed by atoms with Crippen LogP contribution in [0.1, 0.15) is 44.6 Å². The minimum Gasteiger partial charge on any atom is -0.385 e. The van der Waals surface area contributed by atoms with Gasteiger partial charge in [-0.2, -0.15) is 4.31 Å². The number of fused-ring (bicyclic) bond motifs is 1. The molecule has 0 spiro atoms. The molecule has 1 aromatic carbocycles. The van der Waals surface area contributed by atoms with Crippen LogP contribution in [-0.4, -0.2) is 63.9 Å². The third-order valence-electron chi connectivity index (χ3n) is 6.72. The van der Waals surface area contributed by atoms with Gasteiger partial charge in [0.15, 0.2) is 0 Å². The van der Waals surface area contributed by atoms with E-state index in [1.165, 1.54) is 4.31 Å². The average Bonchev–Trinajstić information content (AvgIpc) is 3.58. The second-order valence-electron chi connectivity index (χ2n) is 9.14. The maximum Gasteiger partial charge on any atom is 0.243 e. The SMILES string of the molecule is COCCCNC(=O)C1CCN(S(=O)(=O)c2ccc3c(c2)CC(C)N3C(=O)C2CC2)CC1. The molecule has 1 N–H and O–H groups in total. The molecule has 32 heavy (non-hydrogen) atoms. The van der Waals surface area contributed by atoms with Gasteiger partial charge in [0.05, 0.1) is 4.90 Å². The van der Waals surface area contributed by atoms with Gasteiger partial charge in [0.2, 0.25) is 21.8 Å². The second kappa shape index (κ2) is 9.49. The minimum atomic E-state index is -3.63. The largest absolute Gasteiger partial charge is 0.385 e. The molecular formula is C23H33N3O5S. The predicted molar refractivity (Wildman–Crippen MR) is 121 cm³/mol. The zero-order valence-electron chi connectivity index (χ0n) is 18.9. The molecule has 2 amide bonds. The van der Waals surface area contributed by atoms with Crippen molar-refractivity contribution in [2.75, 3.05) is 38.3 Å². The Kier molecular flexibility index (Phi) is 6.88. The molecule has 8 nitrogen and oxygen atoms in total. The maximum absolute atomic E-state index is 13.3. The molecule has 1 saturated heterocycles. The van der Waals surface area contributed by atoms with Crippen LogP contribution in [-0.2, 0) is 30.8 Å². The Morgan fingerprint density at radius 2 is 1.84 bits per heavy atom. The molecule has 2 fully saturated rings. The normalized spacial score (nSPS) is 22.1. The third kappa shape index (κ3) is 4.70. The van der Waals surface area contributed by atoms with Crippen molar-refractivity contribution in [1.82, 2.24) is 9.62 Å². The van der Waals surface area contributed by atoms with Crippen molar-refractivity contribution in [1.29, 1.82) is 0 Å². The fourth-order valence-corrected chi connectivity index (χ4v) is 6.23. The molecule has 2 aliphatic heterocycles. The molecule has 0 aromatic heterocycles. The van der Waals surface area contributed by atoms with Crippen LogP contribution in [0.4, 0.5) is 5.69 Å². The number of nitrogens with zero attached hydrogens (tertiary/aromatic N) is 2. The van der Waals surface area contributed by atoms with Crippen LogP contribution in [0.5, 0.6) is 0 Å². The lowest BCUT2D eigenvalue weighted by molar-refractivity contribution is -0.126. The van der Waals surface area contributed by atoms with Gasteiger partial charge in [0.1, 0.15) is 0 Å². The fraction of sp³-hybridized carbons (Fsp3) is 0.652. The lowest BCUT2D eigenvalue weighted by Crippen LogP contribution is -2.43. The Morgan fingerprint density at radius 3 is 2.50 bits per heavy atom. The third-order valence-corrected chi connectivity index (χ3v) is 8.61. The van der Waals surface area contributed by atoms with Gasteiger partial charge < -0.3 is 15.0 Å². The van der Waals surface area contributed by atoms with E-state index in [2.05, 4.69) is 5.32 Å². The first-order valence-electron chi connectivity index (χ1n) is 11.6. The zero-order chi connectivity index (χ0) is 22.9. The molecule has 1 atom stereocenters. The van der Waals surface area contributed by atoms with E-state index in [9.17, 15) is 18.0 Å². The highest BCUT2D eigenvalue weighted by atomic mass is 32.2. The molecule has 0 bridgehead atoms. The summed E-state index contributed by atoms with van der Waals surface area (Å²) in [5, 5.41) is 2.91. The van der Waals surface area contributed by atoms with Gasteiger partial charge in [-0.15, -0.1) is 0 Å². The molecular weight excluding hydrogens is 430 g/mol. The number of benzene rings is 1. The number of nitrogens with one attached hydrogen (secondary N) is 1. The monoisotopic (exact) mass is 463 g/mol. The Bertz CT molecular complexity index is 968.